The highest BCUT2D eigenvalue weighted by Crippen LogP contribution is 2.34. The van der Waals surface area contributed by atoms with E-state index in [1.807, 2.05) is 7.85 Å². The molecule has 1 N–H and O–H groups in total. The van der Waals surface area contributed by atoms with Gasteiger partial charge in [-0.1, -0.05) is 19.8 Å². The van der Waals surface area contributed by atoms with Crippen molar-refractivity contribution in [3.05, 3.63) is 0 Å². The molecule has 7 heteroatoms. The predicted molar refractivity (Wildman–Crippen MR) is 89.1 cm³/mol. The van der Waals surface area contributed by atoms with Crippen molar-refractivity contribution in [1.82, 2.24) is 4.90 Å². The molecule has 0 bridgehead atoms. The molecule has 1 rings (SSSR count). The molecule has 20 heavy (non-hydrogen) atoms. The van der Waals surface area contributed by atoms with Crippen molar-refractivity contribution in [2.45, 2.75) is 57.0 Å². The van der Waals surface area contributed by atoms with Gasteiger partial charge in [-0.25, -0.2) is 0 Å². The van der Waals surface area contributed by atoms with E-state index < -0.39 is 11.3 Å². The van der Waals surface area contributed by atoms with Crippen molar-refractivity contribution in [2.24, 2.45) is 0 Å². The van der Waals surface area contributed by atoms with Crippen LogP contribution in [-0.4, -0.2) is 50.2 Å². The van der Waals surface area contributed by atoms with Crippen LogP contribution in [0.2, 0.25) is 5.31 Å². The van der Waals surface area contributed by atoms with Crippen molar-refractivity contribution in [3.63, 3.8) is 0 Å². The Morgan fingerprint density at radius 2 is 2.10 bits per heavy atom. The van der Waals surface area contributed by atoms with Gasteiger partial charge in [-0.15, -0.1) is 24.8 Å². The summed E-state index contributed by atoms with van der Waals surface area (Å²) in [5.41, 5.74) is 0. The van der Waals surface area contributed by atoms with Crippen LogP contribution in [0.3, 0.4) is 0 Å². The lowest BCUT2D eigenvalue weighted by Crippen LogP contribution is -2.35. The number of halogens is 2. The zero-order chi connectivity index (χ0) is 13.6. The molecule has 1 saturated heterocycles. The Balaban J connectivity index is 0. The maximum Gasteiger partial charge on any atom is 0.301 e. The van der Waals surface area contributed by atoms with Crippen molar-refractivity contribution in [3.8, 4) is 0 Å². The Bertz CT molecular complexity index is 284. The number of aliphatic carboxylic acids is 1. The molecule has 0 amide bonds. The summed E-state index contributed by atoms with van der Waals surface area (Å²) in [6.45, 7) is 3.96. The molecule has 1 aliphatic rings. The molecule has 1 heterocycles. The third-order valence-corrected chi connectivity index (χ3v) is 4.12. The summed E-state index contributed by atoms with van der Waals surface area (Å²) in [6.07, 6.45) is 5.91. The van der Waals surface area contributed by atoms with Gasteiger partial charge in [0.25, 0.3) is 0 Å². The maximum absolute atomic E-state index is 11.4. The molecule has 0 spiro atoms. The second kappa shape index (κ2) is 10.7. The number of carbonyl (C=O) groups is 1. The lowest BCUT2D eigenvalue weighted by molar-refractivity contribution is -0.141. The fraction of sp³-hybridized carbons (Fsp3) is 0.923. The van der Waals surface area contributed by atoms with Crippen LogP contribution in [0.5, 0.6) is 0 Å². The first-order chi connectivity index (χ1) is 8.53. The molecule has 1 aliphatic heterocycles. The molecule has 0 aromatic rings. The van der Waals surface area contributed by atoms with Crippen molar-refractivity contribution < 1.29 is 14.6 Å². The summed E-state index contributed by atoms with van der Waals surface area (Å²) in [6, 6.07) is 0. The maximum atomic E-state index is 11.4. The van der Waals surface area contributed by atoms with E-state index in [0.717, 1.165) is 45.2 Å². The first kappa shape index (κ1) is 22.3. The predicted octanol–water partition coefficient (Wildman–Crippen LogP) is 2.36. The van der Waals surface area contributed by atoms with Gasteiger partial charge in [0.15, 0.2) is 0 Å². The van der Waals surface area contributed by atoms with E-state index in [1.165, 1.54) is 0 Å². The Morgan fingerprint density at radius 3 is 2.60 bits per heavy atom. The molecule has 0 saturated carbocycles. The van der Waals surface area contributed by atoms with Gasteiger partial charge >= 0.3 is 5.97 Å². The third-order valence-electron chi connectivity index (χ3n) is 4.12. The fourth-order valence-electron chi connectivity index (χ4n) is 2.61. The van der Waals surface area contributed by atoms with Gasteiger partial charge < -0.3 is 9.84 Å². The number of carboxylic acid groups (broad SMARTS) is 1. The zero-order valence-corrected chi connectivity index (χ0v) is 14.4. The SMILES string of the molecule is BC(CCCC)(CCN1CCC[C@@H]1OC)C(=O)O.Cl.Cl. The highest BCUT2D eigenvalue weighted by Gasteiger charge is 2.34. The lowest BCUT2D eigenvalue weighted by Gasteiger charge is -2.29. The lowest BCUT2D eigenvalue weighted by atomic mass is 9.63. The van der Waals surface area contributed by atoms with Crippen LogP contribution in [0.1, 0.15) is 45.4 Å². The third kappa shape index (κ3) is 6.21. The topological polar surface area (TPSA) is 49.8 Å². The van der Waals surface area contributed by atoms with Crippen LogP contribution in [0.15, 0.2) is 0 Å². The molecule has 0 radical (unpaired) electrons. The van der Waals surface area contributed by atoms with E-state index in [1.54, 1.807) is 7.11 Å². The quantitative estimate of drug-likeness (QED) is 0.695. The van der Waals surface area contributed by atoms with Crippen molar-refractivity contribution in [2.75, 3.05) is 20.2 Å². The zero-order valence-electron chi connectivity index (χ0n) is 12.8. The van der Waals surface area contributed by atoms with Crippen LogP contribution in [0, 0.1) is 0 Å². The second-order valence-corrected chi connectivity index (χ2v) is 5.59. The number of rotatable bonds is 8. The summed E-state index contributed by atoms with van der Waals surface area (Å²) < 4.78 is 5.41. The number of likely N-dealkylation sites (tertiary alicyclic amines) is 1. The minimum Gasteiger partial charge on any atom is -0.481 e. The van der Waals surface area contributed by atoms with Crippen LogP contribution < -0.4 is 0 Å². The summed E-state index contributed by atoms with van der Waals surface area (Å²) >= 11 is 0. The molecular weight excluding hydrogens is 300 g/mol. The Hall–Kier alpha value is 0.0349. The minimum atomic E-state index is -0.663. The van der Waals surface area contributed by atoms with Gasteiger partial charge in [0.1, 0.15) is 14.1 Å². The number of methoxy groups -OCH3 is 1. The molecule has 1 fully saturated rings. The number of carboxylic acids is 1. The largest absolute Gasteiger partial charge is 0.481 e. The highest BCUT2D eigenvalue weighted by molar-refractivity contribution is 6.26. The minimum absolute atomic E-state index is 0. The molecule has 4 nitrogen and oxygen atoms in total. The Morgan fingerprint density at radius 1 is 1.45 bits per heavy atom. The van der Waals surface area contributed by atoms with E-state index in [-0.39, 0.29) is 31.0 Å². The monoisotopic (exact) mass is 327 g/mol. The Kier molecular flexibility index (Phi) is 12.0. The normalized spacial score (nSPS) is 21.6. The van der Waals surface area contributed by atoms with E-state index >= 15 is 0 Å². The van der Waals surface area contributed by atoms with E-state index in [9.17, 15) is 9.90 Å². The molecule has 1 unspecified atom stereocenters. The summed E-state index contributed by atoms with van der Waals surface area (Å²) in [4.78, 5) is 13.7. The molecule has 0 aromatic heterocycles. The van der Waals surface area contributed by atoms with Crippen LogP contribution in [0.4, 0.5) is 0 Å². The number of hydrogen-bond donors (Lipinski definition) is 1. The molecular formula is C13H28BCl2NO3. The van der Waals surface area contributed by atoms with Gasteiger partial charge in [-0.05, 0) is 25.7 Å². The van der Waals surface area contributed by atoms with Gasteiger partial charge in [0.2, 0.25) is 0 Å². The van der Waals surface area contributed by atoms with Gasteiger partial charge in [0, 0.05) is 25.5 Å². The number of unbranched alkanes of at least 4 members (excludes halogenated alkanes) is 1. The molecule has 0 aromatic carbocycles. The van der Waals surface area contributed by atoms with Crippen LogP contribution >= 0.6 is 24.8 Å². The van der Waals surface area contributed by atoms with Gasteiger partial charge in [0.05, 0.1) is 0 Å². The first-order valence-electron chi connectivity index (χ1n) is 7.03. The average molecular weight is 328 g/mol. The van der Waals surface area contributed by atoms with E-state index in [4.69, 9.17) is 4.74 Å². The Labute approximate surface area is 135 Å². The van der Waals surface area contributed by atoms with Crippen molar-refractivity contribution in [1.29, 1.82) is 0 Å². The smallest absolute Gasteiger partial charge is 0.301 e. The molecule has 120 valence electrons. The standard InChI is InChI=1S/C13H26BNO3.2ClH/c1-3-4-7-13(14,12(16)17)8-10-15-9-5-6-11(15)18-2;;/h11H,3-10,14H2,1-2H3,(H,16,17);2*1H/t11-,13?;;/m0../s1. The number of ether oxygens (including phenoxy) is 1. The van der Waals surface area contributed by atoms with Crippen LogP contribution in [0.25, 0.3) is 0 Å². The first-order valence-corrected chi connectivity index (χ1v) is 7.03. The summed E-state index contributed by atoms with van der Waals surface area (Å²) in [5.74, 6) is -0.663. The van der Waals surface area contributed by atoms with E-state index in [2.05, 4.69) is 11.8 Å². The fourth-order valence-corrected chi connectivity index (χ4v) is 2.61. The van der Waals surface area contributed by atoms with Crippen molar-refractivity contribution >= 4 is 38.6 Å². The summed E-state index contributed by atoms with van der Waals surface area (Å²) in [7, 11) is 3.61. The number of hydrogen-bond acceptors (Lipinski definition) is 3. The summed E-state index contributed by atoms with van der Waals surface area (Å²) in [5, 5.41) is 8.82. The molecule has 0 aliphatic carbocycles. The van der Waals surface area contributed by atoms with Crippen LogP contribution in [-0.2, 0) is 9.53 Å². The van der Waals surface area contributed by atoms with E-state index in [0.29, 0.717) is 6.42 Å². The van der Waals surface area contributed by atoms with Gasteiger partial charge in [-0.2, -0.15) is 0 Å². The highest BCUT2D eigenvalue weighted by atomic mass is 35.5. The average Bonchev–Trinajstić information content (AvgIpc) is 2.81. The second-order valence-electron chi connectivity index (χ2n) is 5.59. The molecule has 2 atom stereocenters. The number of nitrogens with zero attached hydrogens (tertiary/aromatic N) is 1. The van der Waals surface area contributed by atoms with Gasteiger partial charge in [-0.3, -0.25) is 9.69 Å².